The molecular formula is C15H16N4OS3. The van der Waals surface area contributed by atoms with E-state index in [1.165, 1.54) is 23.1 Å². The van der Waals surface area contributed by atoms with Gasteiger partial charge in [-0.2, -0.15) is 0 Å². The molecule has 1 aliphatic heterocycles. The highest BCUT2D eigenvalue weighted by molar-refractivity contribution is 8.39. The Balaban J connectivity index is 1.64. The van der Waals surface area contributed by atoms with Crippen molar-refractivity contribution in [3.63, 3.8) is 0 Å². The summed E-state index contributed by atoms with van der Waals surface area (Å²) in [6.07, 6.45) is 0. The molecule has 8 heteroatoms. The third kappa shape index (κ3) is 4.13. The molecule has 0 aliphatic carbocycles. The van der Waals surface area contributed by atoms with E-state index in [0.717, 1.165) is 32.8 Å². The molecule has 1 aliphatic rings. The first kappa shape index (κ1) is 16.5. The Bertz CT molecular complexity index is 744. The molecule has 1 amide bonds. The van der Waals surface area contributed by atoms with Gasteiger partial charge in [0.15, 0.2) is 0 Å². The van der Waals surface area contributed by atoms with Gasteiger partial charge in [-0.3, -0.25) is 15.1 Å². The molecule has 1 atom stereocenters. The predicted molar refractivity (Wildman–Crippen MR) is 101 cm³/mol. The fourth-order valence-corrected chi connectivity index (χ4v) is 4.96. The van der Waals surface area contributed by atoms with Gasteiger partial charge in [-0.05, 0) is 19.4 Å². The lowest BCUT2D eigenvalue weighted by Crippen LogP contribution is -2.23. The Labute approximate surface area is 147 Å². The van der Waals surface area contributed by atoms with Gasteiger partial charge in [0.05, 0.1) is 11.8 Å². The predicted octanol–water partition coefficient (Wildman–Crippen LogP) is 3.68. The molecule has 0 spiro atoms. The molecule has 2 heterocycles. The maximum atomic E-state index is 12.3. The number of rotatable bonds is 4. The van der Waals surface area contributed by atoms with Crippen molar-refractivity contribution in [2.75, 3.05) is 17.6 Å². The van der Waals surface area contributed by atoms with Gasteiger partial charge < -0.3 is 0 Å². The lowest BCUT2D eigenvalue weighted by atomic mass is 10.1. The fraction of sp³-hybridized carbons (Fsp3) is 0.333. The summed E-state index contributed by atoms with van der Waals surface area (Å²) in [6, 6.07) is 8.01. The SMILES string of the molecule is Cc1ccccc1-c1nnc(NC(=O)C(C)SC2=NCCS2)s1. The van der Waals surface area contributed by atoms with E-state index >= 15 is 0 Å². The molecule has 1 unspecified atom stereocenters. The normalized spacial score (nSPS) is 15.3. The number of carbonyl (C=O) groups excluding carboxylic acids is 1. The number of hydrogen-bond acceptors (Lipinski definition) is 7. The minimum atomic E-state index is -0.204. The van der Waals surface area contributed by atoms with Gasteiger partial charge in [-0.15, -0.1) is 10.2 Å². The van der Waals surface area contributed by atoms with Crippen molar-refractivity contribution in [2.45, 2.75) is 19.1 Å². The van der Waals surface area contributed by atoms with Crippen LogP contribution in [0.25, 0.3) is 10.6 Å². The molecule has 5 nitrogen and oxygen atoms in total. The monoisotopic (exact) mass is 364 g/mol. The molecule has 1 aromatic carbocycles. The molecule has 0 fully saturated rings. The van der Waals surface area contributed by atoms with E-state index in [4.69, 9.17) is 0 Å². The highest BCUT2D eigenvalue weighted by Crippen LogP contribution is 2.30. The minimum Gasteiger partial charge on any atom is -0.300 e. The van der Waals surface area contributed by atoms with Crippen LogP contribution in [0, 0.1) is 6.92 Å². The number of nitrogens with one attached hydrogen (secondary N) is 1. The Morgan fingerprint density at radius 3 is 2.91 bits per heavy atom. The second-order valence-electron chi connectivity index (χ2n) is 4.97. The average Bonchev–Trinajstić information content (AvgIpc) is 3.19. The van der Waals surface area contributed by atoms with Crippen LogP contribution in [0.5, 0.6) is 0 Å². The van der Waals surface area contributed by atoms with Crippen LogP contribution >= 0.6 is 34.9 Å². The second kappa shape index (κ2) is 7.46. The van der Waals surface area contributed by atoms with Crippen LogP contribution in [-0.4, -0.2) is 38.0 Å². The van der Waals surface area contributed by atoms with E-state index in [0.29, 0.717) is 5.13 Å². The van der Waals surface area contributed by atoms with Gasteiger partial charge >= 0.3 is 0 Å². The van der Waals surface area contributed by atoms with Crippen LogP contribution in [0.4, 0.5) is 5.13 Å². The topological polar surface area (TPSA) is 67.2 Å². The summed E-state index contributed by atoms with van der Waals surface area (Å²) in [7, 11) is 0. The molecule has 1 aromatic heterocycles. The van der Waals surface area contributed by atoms with Crippen molar-refractivity contribution in [2.24, 2.45) is 4.99 Å². The van der Waals surface area contributed by atoms with Gasteiger partial charge in [0, 0.05) is 11.3 Å². The summed E-state index contributed by atoms with van der Waals surface area (Å²) in [5.74, 6) is 0.935. The molecule has 0 radical (unpaired) electrons. The van der Waals surface area contributed by atoms with Crippen LogP contribution in [-0.2, 0) is 4.79 Å². The van der Waals surface area contributed by atoms with Crippen molar-refractivity contribution in [1.29, 1.82) is 0 Å². The minimum absolute atomic E-state index is 0.0716. The molecular weight excluding hydrogens is 348 g/mol. The number of hydrogen-bond donors (Lipinski definition) is 1. The first-order valence-corrected chi connectivity index (χ1v) is 9.86. The van der Waals surface area contributed by atoms with Crippen molar-refractivity contribution in [3.05, 3.63) is 29.8 Å². The van der Waals surface area contributed by atoms with Gasteiger partial charge in [0.2, 0.25) is 11.0 Å². The molecule has 0 saturated carbocycles. The maximum absolute atomic E-state index is 12.3. The van der Waals surface area contributed by atoms with E-state index in [9.17, 15) is 4.79 Å². The Morgan fingerprint density at radius 1 is 1.35 bits per heavy atom. The Morgan fingerprint density at radius 2 is 2.17 bits per heavy atom. The molecule has 120 valence electrons. The third-order valence-electron chi connectivity index (χ3n) is 3.24. The van der Waals surface area contributed by atoms with Crippen LogP contribution in [0.2, 0.25) is 0 Å². The van der Waals surface area contributed by atoms with E-state index in [2.05, 4.69) is 20.5 Å². The van der Waals surface area contributed by atoms with E-state index in [-0.39, 0.29) is 11.2 Å². The van der Waals surface area contributed by atoms with E-state index in [1.807, 2.05) is 38.1 Å². The van der Waals surface area contributed by atoms with E-state index in [1.54, 1.807) is 11.8 Å². The maximum Gasteiger partial charge on any atom is 0.239 e. The third-order valence-corrected chi connectivity index (χ3v) is 6.41. The lowest BCUT2D eigenvalue weighted by Gasteiger charge is -2.09. The van der Waals surface area contributed by atoms with Crippen molar-refractivity contribution < 1.29 is 4.79 Å². The van der Waals surface area contributed by atoms with E-state index < -0.39 is 0 Å². The van der Waals surface area contributed by atoms with Gasteiger partial charge in [-0.1, -0.05) is 59.1 Å². The summed E-state index contributed by atoms with van der Waals surface area (Å²) in [4.78, 5) is 16.6. The number of nitrogens with zero attached hydrogens (tertiary/aromatic N) is 3. The fourth-order valence-electron chi connectivity index (χ4n) is 1.99. The largest absolute Gasteiger partial charge is 0.300 e. The molecule has 0 saturated heterocycles. The zero-order valence-electron chi connectivity index (χ0n) is 12.8. The summed E-state index contributed by atoms with van der Waals surface area (Å²) in [5.41, 5.74) is 2.19. The standard InChI is InChI=1S/C15H16N4OS3/c1-9-5-3-4-6-11(9)13-18-19-14(23-13)17-12(20)10(2)22-15-16-7-8-21-15/h3-6,10H,7-8H2,1-2H3,(H,17,19,20). The summed E-state index contributed by atoms with van der Waals surface area (Å²) in [6.45, 7) is 4.76. The number of thioether (sulfide) groups is 2. The second-order valence-corrected chi connectivity index (χ2v) is 8.62. The Hall–Kier alpha value is -1.38. The number of aliphatic imine (C=N–C) groups is 1. The number of aromatic nitrogens is 2. The molecule has 23 heavy (non-hydrogen) atoms. The number of anilines is 1. The number of aryl methyl sites for hydroxylation is 1. The number of amides is 1. The van der Waals surface area contributed by atoms with Crippen LogP contribution in [0.15, 0.2) is 29.3 Å². The summed E-state index contributed by atoms with van der Waals surface area (Å²) < 4.78 is 0.991. The van der Waals surface area contributed by atoms with Crippen molar-refractivity contribution in [1.82, 2.24) is 10.2 Å². The first-order chi connectivity index (χ1) is 11.1. The molecule has 3 rings (SSSR count). The summed E-state index contributed by atoms with van der Waals surface area (Å²) in [5, 5.41) is 12.2. The zero-order chi connectivity index (χ0) is 16.2. The molecule has 2 aromatic rings. The zero-order valence-corrected chi connectivity index (χ0v) is 15.2. The highest BCUT2D eigenvalue weighted by atomic mass is 32.2. The molecule has 1 N–H and O–H groups in total. The lowest BCUT2D eigenvalue weighted by molar-refractivity contribution is -0.115. The quantitative estimate of drug-likeness (QED) is 0.896. The van der Waals surface area contributed by atoms with Crippen LogP contribution < -0.4 is 5.32 Å². The van der Waals surface area contributed by atoms with Crippen LogP contribution in [0.3, 0.4) is 0 Å². The number of carbonyl (C=O) groups is 1. The smallest absolute Gasteiger partial charge is 0.239 e. The Kier molecular flexibility index (Phi) is 5.34. The van der Waals surface area contributed by atoms with Crippen molar-refractivity contribution in [3.8, 4) is 10.6 Å². The molecule has 0 bridgehead atoms. The highest BCUT2D eigenvalue weighted by Gasteiger charge is 2.20. The van der Waals surface area contributed by atoms with Gasteiger partial charge in [0.1, 0.15) is 9.38 Å². The first-order valence-electron chi connectivity index (χ1n) is 7.18. The van der Waals surface area contributed by atoms with Gasteiger partial charge in [0.25, 0.3) is 0 Å². The van der Waals surface area contributed by atoms with Gasteiger partial charge in [-0.25, -0.2) is 0 Å². The number of benzene rings is 1. The summed E-state index contributed by atoms with van der Waals surface area (Å²) >= 11 is 4.59. The van der Waals surface area contributed by atoms with Crippen LogP contribution in [0.1, 0.15) is 12.5 Å². The average molecular weight is 365 g/mol. The van der Waals surface area contributed by atoms with Crippen molar-refractivity contribution >= 4 is 50.3 Å².